The van der Waals surface area contributed by atoms with Gasteiger partial charge in [0.1, 0.15) is 17.1 Å². The van der Waals surface area contributed by atoms with Gasteiger partial charge < -0.3 is 10.3 Å². The summed E-state index contributed by atoms with van der Waals surface area (Å²) in [4.78, 5) is 53.0. The molecule has 39 heavy (non-hydrogen) atoms. The van der Waals surface area contributed by atoms with Crippen molar-refractivity contribution in [3.63, 3.8) is 0 Å². The minimum Gasteiger partial charge on any atom is -0.321 e. The molecule has 0 spiro atoms. The molecule has 198 valence electrons. The Bertz CT molecular complexity index is 1840. The second kappa shape index (κ2) is 10.7. The molecule has 0 saturated heterocycles. The van der Waals surface area contributed by atoms with Gasteiger partial charge in [-0.1, -0.05) is 41.3 Å². The van der Waals surface area contributed by atoms with Crippen molar-refractivity contribution in [1.82, 2.24) is 24.5 Å². The van der Waals surface area contributed by atoms with Crippen LogP contribution in [-0.4, -0.2) is 42.1 Å². The average molecular weight is 566 g/mol. The van der Waals surface area contributed by atoms with Crippen molar-refractivity contribution in [2.45, 2.75) is 11.3 Å². The molecule has 3 N–H and O–H groups in total. The summed E-state index contributed by atoms with van der Waals surface area (Å²) in [5.74, 6) is -1.68. The first kappa shape index (κ1) is 26.1. The molecular formula is C25H20FN7O4S2. The summed E-state index contributed by atoms with van der Waals surface area (Å²) in [5, 5.41) is 13.7. The summed E-state index contributed by atoms with van der Waals surface area (Å²) >= 11 is 2.10. The number of thioether (sulfide) groups is 1. The van der Waals surface area contributed by atoms with Crippen LogP contribution < -0.4 is 21.8 Å². The van der Waals surface area contributed by atoms with Crippen LogP contribution >= 0.6 is 23.1 Å². The van der Waals surface area contributed by atoms with Gasteiger partial charge in [-0.05, 0) is 48.7 Å². The molecule has 0 radical (unpaired) electrons. The van der Waals surface area contributed by atoms with E-state index in [1.54, 1.807) is 30.8 Å². The van der Waals surface area contributed by atoms with Crippen LogP contribution in [0.15, 0.2) is 68.5 Å². The zero-order valence-corrected chi connectivity index (χ0v) is 22.2. The quantitative estimate of drug-likeness (QED) is 0.203. The molecule has 0 atom stereocenters. The molecule has 11 nitrogen and oxygen atoms in total. The predicted molar refractivity (Wildman–Crippen MR) is 147 cm³/mol. The number of benzene rings is 2. The van der Waals surface area contributed by atoms with E-state index in [1.165, 1.54) is 28.9 Å². The van der Waals surface area contributed by atoms with E-state index in [0.29, 0.717) is 21.1 Å². The van der Waals surface area contributed by atoms with E-state index in [1.807, 2.05) is 18.2 Å². The van der Waals surface area contributed by atoms with Crippen molar-refractivity contribution in [2.75, 3.05) is 16.4 Å². The smallest absolute Gasteiger partial charge is 0.295 e. The minimum atomic E-state index is -0.706. The standard InChI is InChI=1S/C25H20FN7O4S2/c1-13-20(23(37)33(32(13)2)16-6-4-3-5-7-16)28-19(34)12-38-25-31-30-24(39-25)29-22(36)17-10-14-8-9-15(26)11-18(14)27-21(17)35/h3-11H,12H2,1-2H3,(H,27,35)(H,28,34)(H,29,30,36). The van der Waals surface area contributed by atoms with Crippen LogP contribution in [-0.2, 0) is 11.8 Å². The number of pyridine rings is 1. The van der Waals surface area contributed by atoms with Crippen LogP contribution in [0.3, 0.4) is 0 Å². The number of nitrogens with zero attached hydrogens (tertiary/aromatic N) is 4. The topological polar surface area (TPSA) is 144 Å². The molecule has 5 aromatic rings. The number of anilines is 2. The third-order valence-electron chi connectivity index (χ3n) is 5.82. The Morgan fingerprint density at radius 3 is 2.62 bits per heavy atom. The molecule has 0 unspecified atom stereocenters. The van der Waals surface area contributed by atoms with Gasteiger partial charge in [0, 0.05) is 7.05 Å². The molecule has 3 aromatic heterocycles. The maximum absolute atomic E-state index is 13.4. The largest absolute Gasteiger partial charge is 0.321 e. The maximum atomic E-state index is 13.4. The number of fused-ring (bicyclic) bond motifs is 1. The Kier molecular flexibility index (Phi) is 7.13. The highest BCUT2D eigenvalue weighted by atomic mass is 32.2. The molecule has 0 saturated carbocycles. The Labute approximate surface area is 227 Å². The van der Waals surface area contributed by atoms with Gasteiger partial charge in [-0.3, -0.25) is 29.2 Å². The zero-order chi connectivity index (χ0) is 27.7. The van der Waals surface area contributed by atoms with Crippen molar-refractivity contribution >= 4 is 56.6 Å². The van der Waals surface area contributed by atoms with E-state index in [-0.39, 0.29) is 33.2 Å². The van der Waals surface area contributed by atoms with Gasteiger partial charge in [-0.25, -0.2) is 9.07 Å². The maximum Gasteiger partial charge on any atom is 0.295 e. The number of aromatic nitrogens is 5. The van der Waals surface area contributed by atoms with E-state index in [4.69, 9.17) is 0 Å². The first-order chi connectivity index (χ1) is 18.7. The Morgan fingerprint density at radius 1 is 1.08 bits per heavy atom. The third-order valence-corrected chi connectivity index (χ3v) is 7.80. The molecule has 0 aliphatic carbocycles. The number of hydrogen-bond donors (Lipinski definition) is 3. The van der Waals surface area contributed by atoms with Gasteiger partial charge in [0.15, 0.2) is 4.34 Å². The molecule has 0 aliphatic heterocycles. The third kappa shape index (κ3) is 5.37. The zero-order valence-electron chi connectivity index (χ0n) is 20.5. The number of aromatic amines is 1. The molecule has 0 fully saturated rings. The van der Waals surface area contributed by atoms with Gasteiger partial charge in [0.05, 0.1) is 22.7 Å². The van der Waals surface area contributed by atoms with Gasteiger partial charge in [0.2, 0.25) is 11.0 Å². The lowest BCUT2D eigenvalue weighted by Crippen LogP contribution is -2.23. The fourth-order valence-electron chi connectivity index (χ4n) is 3.84. The summed E-state index contributed by atoms with van der Waals surface area (Å²) < 4.78 is 16.9. The number of carbonyl (C=O) groups is 2. The van der Waals surface area contributed by atoms with Crippen LogP contribution in [0.1, 0.15) is 16.1 Å². The van der Waals surface area contributed by atoms with Crippen molar-refractivity contribution in [3.05, 3.63) is 92.4 Å². The Morgan fingerprint density at radius 2 is 1.85 bits per heavy atom. The monoisotopic (exact) mass is 565 g/mol. The van der Waals surface area contributed by atoms with Crippen LogP contribution in [0.25, 0.3) is 16.6 Å². The number of carbonyl (C=O) groups excluding carboxylic acids is 2. The summed E-state index contributed by atoms with van der Waals surface area (Å²) in [6, 6.07) is 14.3. The highest BCUT2D eigenvalue weighted by molar-refractivity contribution is 8.01. The summed E-state index contributed by atoms with van der Waals surface area (Å²) in [6.07, 6.45) is 0. The normalized spacial score (nSPS) is 11.1. The van der Waals surface area contributed by atoms with E-state index in [2.05, 4.69) is 25.8 Å². The number of H-pyrrole nitrogens is 1. The number of nitrogens with one attached hydrogen (secondary N) is 3. The molecular weight excluding hydrogens is 545 g/mol. The number of amides is 2. The van der Waals surface area contributed by atoms with Crippen LogP contribution in [0.5, 0.6) is 0 Å². The SMILES string of the molecule is Cc1c(NC(=O)CSc2nnc(NC(=O)c3cc4ccc(F)cc4[nH]c3=O)s2)c(=O)n(-c2ccccc2)n1C. The minimum absolute atomic E-state index is 0.0530. The fourth-order valence-corrected chi connectivity index (χ4v) is 5.39. The number of rotatable bonds is 7. The van der Waals surface area contributed by atoms with Crippen molar-refractivity contribution in [1.29, 1.82) is 0 Å². The number of halogens is 1. The van der Waals surface area contributed by atoms with Crippen LogP contribution in [0, 0.1) is 12.7 Å². The van der Waals surface area contributed by atoms with E-state index in [0.717, 1.165) is 23.1 Å². The second-order valence-corrected chi connectivity index (χ2v) is 10.5. The molecule has 0 aliphatic rings. The average Bonchev–Trinajstić information content (AvgIpc) is 3.44. The van der Waals surface area contributed by atoms with Crippen LogP contribution in [0.2, 0.25) is 0 Å². The summed E-state index contributed by atoms with van der Waals surface area (Å²) in [5.41, 5.74) is 0.521. The Balaban J connectivity index is 1.23. The number of para-hydroxylation sites is 1. The highest BCUT2D eigenvalue weighted by Gasteiger charge is 2.19. The van der Waals surface area contributed by atoms with Crippen LogP contribution in [0.4, 0.5) is 15.2 Å². The molecule has 2 aromatic carbocycles. The van der Waals surface area contributed by atoms with Gasteiger partial charge in [0.25, 0.3) is 17.0 Å². The molecule has 2 amide bonds. The lowest BCUT2D eigenvalue weighted by Gasteiger charge is -2.07. The van der Waals surface area contributed by atoms with Gasteiger partial charge in [-0.2, -0.15) is 0 Å². The number of hydrogen-bond acceptors (Lipinski definition) is 8. The molecule has 5 rings (SSSR count). The van der Waals surface area contributed by atoms with Gasteiger partial charge in [-0.15, -0.1) is 10.2 Å². The lowest BCUT2D eigenvalue weighted by molar-refractivity contribution is -0.113. The van der Waals surface area contributed by atoms with Gasteiger partial charge >= 0.3 is 0 Å². The Hall–Kier alpha value is -4.56. The van der Waals surface area contributed by atoms with Crippen molar-refractivity contribution in [3.8, 4) is 5.69 Å². The molecule has 3 heterocycles. The highest BCUT2D eigenvalue weighted by Crippen LogP contribution is 2.26. The van der Waals surface area contributed by atoms with E-state index in [9.17, 15) is 23.6 Å². The predicted octanol–water partition coefficient (Wildman–Crippen LogP) is 3.30. The fraction of sp³-hybridized carbons (Fsp3) is 0.120. The van der Waals surface area contributed by atoms with Crippen molar-refractivity contribution in [2.24, 2.45) is 7.05 Å². The van der Waals surface area contributed by atoms with E-state index >= 15 is 0 Å². The second-order valence-electron chi connectivity index (χ2n) is 8.34. The summed E-state index contributed by atoms with van der Waals surface area (Å²) in [7, 11) is 1.73. The molecule has 14 heteroatoms. The van der Waals surface area contributed by atoms with E-state index < -0.39 is 23.2 Å². The first-order valence-electron chi connectivity index (χ1n) is 11.5. The lowest BCUT2D eigenvalue weighted by atomic mass is 10.1. The molecule has 0 bridgehead atoms. The first-order valence-corrected chi connectivity index (χ1v) is 13.3. The summed E-state index contributed by atoms with van der Waals surface area (Å²) in [6.45, 7) is 1.74. The van der Waals surface area contributed by atoms with Crippen molar-refractivity contribution < 1.29 is 14.0 Å².